The van der Waals surface area contributed by atoms with E-state index in [2.05, 4.69) is 19.9 Å². The molecule has 1 aliphatic rings. The molecule has 2 aromatic heterocycles. The second kappa shape index (κ2) is 5.86. The molecule has 0 N–H and O–H groups in total. The Morgan fingerprint density at radius 2 is 2.00 bits per heavy atom. The van der Waals surface area contributed by atoms with Crippen molar-refractivity contribution in [2.45, 2.75) is 25.9 Å². The Balaban J connectivity index is 1.56. The van der Waals surface area contributed by atoms with Gasteiger partial charge in [0, 0.05) is 50.6 Å². The Morgan fingerprint density at radius 1 is 1.15 bits per heavy atom. The number of nitrogens with zero attached hydrogens (tertiary/aromatic N) is 4. The number of ether oxygens (including phenoxy) is 1. The maximum Gasteiger partial charge on any atom is 0.213 e. The number of aryl methyl sites for hydroxylation is 1. The standard InChI is InChI=1S/C15H18N4O/c1-12-2-5-18-15(10-12)20-13-3-8-19(9-4-13)14-11-16-6-7-17-14/h2,5-7,10-11,13H,3-4,8-9H2,1H3. The molecule has 0 aliphatic carbocycles. The first-order valence-electron chi connectivity index (χ1n) is 6.91. The van der Waals surface area contributed by atoms with Crippen molar-refractivity contribution in [1.82, 2.24) is 15.0 Å². The Kier molecular flexibility index (Phi) is 3.76. The van der Waals surface area contributed by atoms with Gasteiger partial charge >= 0.3 is 0 Å². The molecule has 1 saturated heterocycles. The minimum absolute atomic E-state index is 0.234. The van der Waals surface area contributed by atoms with Crippen LogP contribution >= 0.6 is 0 Å². The van der Waals surface area contributed by atoms with Crippen molar-refractivity contribution in [2.75, 3.05) is 18.0 Å². The fraction of sp³-hybridized carbons (Fsp3) is 0.400. The number of pyridine rings is 1. The highest BCUT2D eigenvalue weighted by Gasteiger charge is 2.21. The van der Waals surface area contributed by atoms with E-state index in [-0.39, 0.29) is 6.10 Å². The summed E-state index contributed by atoms with van der Waals surface area (Å²) in [4.78, 5) is 14.9. The van der Waals surface area contributed by atoms with Crippen molar-refractivity contribution in [3.8, 4) is 5.88 Å². The topological polar surface area (TPSA) is 51.1 Å². The smallest absolute Gasteiger partial charge is 0.213 e. The minimum Gasteiger partial charge on any atom is -0.474 e. The van der Waals surface area contributed by atoms with E-state index in [1.165, 1.54) is 5.56 Å². The van der Waals surface area contributed by atoms with Crippen LogP contribution in [0.2, 0.25) is 0 Å². The van der Waals surface area contributed by atoms with Crippen molar-refractivity contribution in [3.63, 3.8) is 0 Å². The summed E-state index contributed by atoms with van der Waals surface area (Å²) in [6, 6.07) is 3.96. The van der Waals surface area contributed by atoms with Gasteiger partial charge in [0.15, 0.2) is 0 Å². The fourth-order valence-corrected chi connectivity index (χ4v) is 2.40. The predicted octanol–water partition coefficient (Wildman–Crippen LogP) is 2.23. The molecule has 0 spiro atoms. The Morgan fingerprint density at radius 3 is 2.70 bits per heavy atom. The van der Waals surface area contributed by atoms with Crippen LogP contribution in [0.15, 0.2) is 36.9 Å². The SMILES string of the molecule is Cc1ccnc(OC2CCN(c3cnccn3)CC2)c1. The van der Waals surface area contributed by atoms with Crippen LogP contribution in [0.4, 0.5) is 5.82 Å². The normalized spacial score (nSPS) is 16.1. The molecule has 104 valence electrons. The minimum atomic E-state index is 0.234. The number of hydrogen-bond donors (Lipinski definition) is 0. The van der Waals surface area contributed by atoms with Gasteiger partial charge in [-0.15, -0.1) is 0 Å². The summed E-state index contributed by atoms with van der Waals surface area (Å²) in [6.07, 6.45) is 9.22. The molecular formula is C15H18N4O. The average molecular weight is 270 g/mol. The molecule has 1 fully saturated rings. The Labute approximate surface area is 118 Å². The van der Waals surface area contributed by atoms with Crippen molar-refractivity contribution >= 4 is 5.82 Å². The largest absolute Gasteiger partial charge is 0.474 e. The molecule has 5 heteroatoms. The van der Waals surface area contributed by atoms with Gasteiger partial charge in [-0.1, -0.05) is 0 Å². The zero-order valence-electron chi connectivity index (χ0n) is 11.6. The predicted molar refractivity (Wildman–Crippen MR) is 76.9 cm³/mol. The highest BCUT2D eigenvalue weighted by Crippen LogP contribution is 2.20. The van der Waals surface area contributed by atoms with E-state index in [4.69, 9.17) is 4.74 Å². The highest BCUT2D eigenvalue weighted by atomic mass is 16.5. The van der Waals surface area contributed by atoms with Crippen molar-refractivity contribution in [1.29, 1.82) is 0 Å². The summed E-state index contributed by atoms with van der Waals surface area (Å²) in [5, 5.41) is 0. The summed E-state index contributed by atoms with van der Waals surface area (Å²) < 4.78 is 5.95. The number of rotatable bonds is 3. The van der Waals surface area contributed by atoms with Gasteiger partial charge in [-0.2, -0.15) is 0 Å². The monoisotopic (exact) mass is 270 g/mol. The number of anilines is 1. The quantitative estimate of drug-likeness (QED) is 0.856. The lowest BCUT2D eigenvalue weighted by Gasteiger charge is -2.32. The van der Waals surface area contributed by atoms with Crippen LogP contribution in [-0.2, 0) is 0 Å². The van der Waals surface area contributed by atoms with E-state index in [1.54, 1.807) is 18.6 Å². The van der Waals surface area contributed by atoms with E-state index in [1.807, 2.05) is 25.3 Å². The van der Waals surface area contributed by atoms with Crippen LogP contribution in [0.5, 0.6) is 5.88 Å². The number of piperidine rings is 1. The summed E-state index contributed by atoms with van der Waals surface area (Å²) in [5.41, 5.74) is 1.17. The molecule has 2 aromatic rings. The third-order valence-electron chi connectivity index (χ3n) is 3.49. The van der Waals surface area contributed by atoms with Crippen LogP contribution in [0.3, 0.4) is 0 Å². The zero-order valence-corrected chi connectivity index (χ0v) is 11.6. The molecule has 0 bridgehead atoms. The second-order valence-electron chi connectivity index (χ2n) is 5.04. The summed E-state index contributed by atoms with van der Waals surface area (Å²) in [5.74, 6) is 1.67. The second-order valence-corrected chi connectivity index (χ2v) is 5.04. The van der Waals surface area contributed by atoms with Gasteiger partial charge in [-0.25, -0.2) is 9.97 Å². The van der Waals surface area contributed by atoms with Gasteiger partial charge in [0.05, 0.1) is 6.20 Å². The molecule has 0 saturated carbocycles. The molecule has 0 radical (unpaired) electrons. The van der Waals surface area contributed by atoms with Gasteiger partial charge in [-0.3, -0.25) is 4.98 Å². The maximum atomic E-state index is 5.95. The molecular weight excluding hydrogens is 252 g/mol. The van der Waals surface area contributed by atoms with E-state index < -0.39 is 0 Å². The van der Waals surface area contributed by atoms with Crippen molar-refractivity contribution in [3.05, 3.63) is 42.5 Å². The van der Waals surface area contributed by atoms with E-state index in [0.29, 0.717) is 0 Å². The molecule has 0 aromatic carbocycles. The third kappa shape index (κ3) is 3.04. The summed E-state index contributed by atoms with van der Waals surface area (Å²) in [7, 11) is 0. The van der Waals surface area contributed by atoms with E-state index in [9.17, 15) is 0 Å². The van der Waals surface area contributed by atoms with Gasteiger partial charge in [0.25, 0.3) is 0 Å². The average Bonchev–Trinajstić information content (AvgIpc) is 2.49. The first-order valence-corrected chi connectivity index (χ1v) is 6.91. The molecule has 3 rings (SSSR count). The fourth-order valence-electron chi connectivity index (χ4n) is 2.40. The highest BCUT2D eigenvalue weighted by molar-refractivity contribution is 5.35. The van der Waals surface area contributed by atoms with Crippen LogP contribution in [0.25, 0.3) is 0 Å². The van der Waals surface area contributed by atoms with Crippen LogP contribution in [0.1, 0.15) is 18.4 Å². The van der Waals surface area contributed by atoms with E-state index >= 15 is 0 Å². The van der Waals surface area contributed by atoms with Gasteiger partial charge in [0.1, 0.15) is 11.9 Å². The molecule has 5 nitrogen and oxygen atoms in total. The van der Waals surface area contributed by atoms with Crippen LogP contribution in [-0.4, -0.2) is 34.1 Å². The third-order valence-corrected chi connectivity index (χ3v) is 3.49. The molecule has 0 atom stereocenters. The zero-order chi connectivity index (χ0) is 13.8. The van der Waals surface area contributed by atoms with Crippen molar-refractivity contribution in [2.24, 2.45) is 0 Å². The maximum absolute atomic E-state index is 5.95. The molecule has 0 unspecified atom stereocenters. The molecule has 20 heavy (non-hydrogen) atoms. The Hall–Kier alpha value is -2.17. The van der Waals surface area contributed by atoms with Crippen LogP contribution < -0.4 is 9.64 Å². The van der Waals surface area contributed by atoms with E-state index in [0.717, 1.165) is 37.6 Å². The first-order chi connectivity index (χ1) is 9.81. The number of hydrogen-bond acceptors (Lipinski definition) is 5. The van der Waals surface area contributed by atoms with Gasteiger partial charge in [-0.05, 0) is 18.6 Å². The lowest BCUT2D eigenvalue weighted by Crippen LogP contribution is -2.38. The lowest BCUT2D eigenvalue weighted by molar-refractivity contribution is 0.163. The summed E-state index contributed by atoms with van der Waals surface area (Å²) >= 11 is 0. The number of aromatic nitrogens is 3. The summed E-state index contributed by atoms with van der Waals surface area (Å²) in [6.45, 7) is 3.93. The first kappa shape index (κ1) is 12.8. The molecule has 3 heterocycles. The van der Waals surface area contributed by atoms with Gasteiger partial charge in [0.2, 0.25) is 5.88 Å². The molecule has 0 amide bonds. The van der Waals surface area contributed by atoms with Crippen LogP contribution in [0, 0.1) is 6.92 Å². The van der Waals surface area contributed by atoms with Crippen molar-refractivity contribution < 1.29 is 4.74 Å². The van der Waals surface area contributed by atoms with Gasteiger partial charge < -0.3 is 9.64 Å². The molecule has 1 aliphatic heterocycles. The lowest BCUT2D eigenvalue weighted by atomic mass is 10.1. The Bertz CT molecular complexity index is 553.